The van der Waals surface area contributed by atoms with Crippen LogP contribution in [0.2, 0.25) is 0 Å². The average Bonchev–Trinajstić information content (AvgIpc) is 3.04. The molecule has 0 N–H and O–H groups in total. The molecular weight excluding hydrogens is 315 g/mol. The van der Waals surface area contributed by atoms with E-state index in [4.69, 9.17) is 4.52 Å². The van der Waals surface area contributed by atoms with Crippen molar-refractivity contribution in [3.05, 3.63) is 91.0 Å². The first kappa shape index (κ1) is 15.1. The van der Waals surface area contributed by atoms with Crippen LogP contribution in [0.5, 0.6) is 0 Å². The molecule has 3 heteroatoms. The number of rotatable bonds is 3. The quantitative estimate of drug-likeness (QED) is 0.687. The van der Waals surface area contributed by atoms with Gasteiger partial charge in [-0.15, -0.1) is 0 Å². The Labute approximate surface area is 142 Å². The van der Waals surface area contributed by atoms with Crippen molar-refractivity contribution in [1.82, 2.24) is 0 Å². The summed E-state index contributed by atoms with van der Waals surface area (Å²) in [7, 11) is 0. The Morgan fingerprint density at radius 1 is 0.625 bits per heavy atom. The van der Waals surface area contributed by atoms with Crippen LogP contribution in [-0.4, -0.2) is 12.1 Å². The summed E-state index contributed by atoms with van der Waals surface area (Å²) in [6, 6.07) is 30.8. The molecule has 1 aliphatic heterocycles. The number of hydrogen-bond donors (Lipinski definition) is 0. The van der Waals surface area contributed by atoms with Gasteiger partial charge >= 0.3 is 142 Å². The third-order valence-corrected chi connectivity index (χ3v) is 10.8. The summed E-state index contributed by atoms with van der Waals surface area (Å²) in [5.74, 6) is -0.107. The van der Waals surface area contributed by atoms with Crippen LogP contribution in [0.3, 0.4) is 0 Å². The first-order valence-electron chi connectivity index (χ1n) is 8.16. The summed E-state index contributed by atoms with van der Waals surface area (Å²) in [5, 5.41) is 3.35. The van der Waals surface area contributed by atoms with E-state index in [-0.39, 0.29) is 5.97 Å². The summed E-state index contributed by atoms with van der Waals surface area (Å²) in [5.41, 5.74) is 0. The van der Waals surface area contributed by atoms with E-state index in [2.05, 4.69) is 36.4 Å². The first-order valence-corrected chi connectivity index (χ1v) is 10.5. The summed E-state index contributed by atoms with van der Waals surface area (Å²) in [4.78, 5) is 12.4. The Morgan fingerprint density at radius 3 is 1.29 bits per heavy atom. The van der Waals surface area contributed by atoms with Crippen LogP contribution in [-0.2, 0) is 9.32 Å². The first-order chi connectivity index (χ1) is 11.8. The molecule has 24 heavy (non-hydrogen) atoms. The standard InChI is InChI=1S/C21H19O2P/c22-21-16-17-24(23-21,18-10-4-1-5-11-18,19-12-6-2-7-13-19)20-14-8-3-9-15-20/h1-15H,16-17H2. The number of benzene rings is 3. The van der Waals surface area contributed by atoms with E-state index in [0.29, 0.717) is 6.42 Å². The number of carbonyl (C=O) groups is 1. The van der Waals surface area contributed by atoms with Gasteiger partial charge in [0.1, 0.15) is 0 Å². The molecule has 4 rings (SSSR count). The second-order valence-corrected chi connectivity index (χ2v) is 10.8. The molecule has 0 amide bonds. The minimum atomic E-state index is -3.23. The zero-order valence-corrected chi connectivity index (χ0v) is 14.2. The molecule has 120 valence electrons. The van der Waals surface area contributed by atoms with E-state index in [1.807, 2.05) is 54.6 Å². The average molecular weight is 334 g/mol. The fourth-order valence-corrected chi connectivity index (χ4v) is 9.48. The minimum absolute atomic E-state index is 0.107. The van der Waals surface area contributed by atoms with Crippen LogP contribution < -0.4 is 15.9 Å². The van der Waals surface area contributed by atoms with E-state index < -0.39 is 6.83 Å². The molecule has 1 fully saturated rings. The van der Waals surface area contributed by atoms with Gasteiger partial charge in [-0.3, -0.25) is 0 Å². The monoisotopic (exact) mass is 334 g/mol. The predicted octanol–water partition coefficient (Wildman–Crippen LogP) is 3.38. The van der Waals surface area contributed by atoms with Crippen molar-refractivity contribution in [2.75, 3.05) is 6.16 Å². The predicted molar refractivity (Wildman–Crippen MR) is 101 cm³/mol. The van der Waals surface area contributed by atoms with Gasteiger partial charge in [0, 0.05) is 0 Å². The van der Waals surface area contributed by atoms with Gasteiger partial charge in [0.2, 0.25) is 0 Å². The second-order valence-electron chi connectivity index (χ2n) is 6.16. The number of hydrogen-bond acceptors (Lipinski definition) is 2. The molecule has 1 saturated heterocycles. The van der Waals surface area contributed by atoms with Gasteiger partial charge in [0.15, 0.2) is 0 Å². The number of carbonyl (C=O) groups excluding carboxylic acids is 1. The maximum absolute atomic E-state index is 12.4. The zero-order valence-electron chi connectivity index (χ0n) is 13.3. The second kappa shape index (κ2) is 5.58. The third kappa shape index (κ3) is 1.96. The topological polar surface area (TPSA) is 26.3 Å². The molecule has 0 atom stereocenters. The summed E-state index contributed by atoms with van der Waals surface area (Å²) in [6.07, 6.45) is 1.18. The van der Waals surface area contributed by atoms with Crippen LogP contribution >= 0.6 is 6.83 Å². The molecule has 0 bridgehead atoms. The van der Waals surface area contributed by atoms with Crippen LogP contribution in [0.4, 0.5) is 0 Å². The fourth-order valence-electron chi connectivity index (χ4n) is 3.84. The molecule has 0 spiro atoms. The van der Waals surface area contributed by atoms with Gasteiger partial charge in [0.05, 0.1) is 0 Å². The molecule has 3 aromatic rings. The fraction of sp³-hybridized carbons (Fsp3) is 0.0952. The summed E-state index contributed by atoms with van der Waals surface area (Å²) < 4.78 is 6.39. The molecule has 0 saturated carbocycles. The van der Waals surface area contributed by atoms with Gasteiger partial charge in [0.25, 0.3) is 0 Å². The summed E-state index contributed by atoms with van der Waals surface area (Å²) >= 11 is 0. The van der Waals surface area contributed by atoms with Crippen molar-refractivity contribution in [2.45, 2.75) is 6.42 Å². The molecule has 1 heterocycles. The molecular formula is C21H19O2P. The van der Waals surface area contributed by atoms with Crippen molar-refractivity contribution >= 4 is 28.7 Å². The van der Waals surface area contributed by atoms with Gasteiger partial charge < -0.3 is 0 Å². The van der Waals surface area contributed by atoms with Gasteiger partial charge in [-0.2, -0.15) is 0 Å². The van der Waals surface area contributed by atoms with E-state index in [1.165, 1.54) is 0 Å². The van der Waals surface area contributed by atoms with Crippen molar-refractivity contribution in [1.29, 1.82) is 0 Å². The molecule has 3 aromatic carbocycles. The van der Waals surface area contributed by atoms with E-state index in [1.54, 1.807) is 0 Å². The van der Waals surface area contributed by atoms with Gasteiger partial charge in [-0.25, -0.2) is 0 Å². The van der Waals surface area contributed by atoms with E-state index >= 15 is 0 Å². The van der Waals surface area contributed by atoms with Crippen molar-refractivity contribution in [2.24, 2.45) is 0 Å². The van der Waals surface area contributed by atoms with Gasteiger partial charge in [-0.05, 0) is 0 Å². The molecule has 0 radical (unpaired) electrons. The third-order valence-electron chi connectivity index (χ3n) is 4.95. The van der Waals surface area contributed by atoms with Gasteiger partial charge in [-0.1, -0.05) is 0 Å². The molecule has 0 unspecified atom stereocenters. The molecule has 0 aromatic heterocycles. The maximum atomic E-state index is 12.4. The van der Waals surface area contributed by atoms with E-state index in [0.717, 1.165) is 22.1 Å². The Balaban J connectivity index is 2.15. The Bertz CT molecular complexity index is 761. The Hall–Kier alpha value is -2.44. The van der Waals surface area contributed by atoms with Crippen LogP contribution in [0.15, 0.2) is 91.0 Å². The normalized spacial score (nSPS) is 19.8. The van der Waals surface area contributed by atoms with Crippen LogP contribution in [0.25, 0.3) is 0 Å². The summed E-state index contributed by atoms with van der Waals surface area (Å²) in [6.45, 7) is -3.23. The van der Waals surface area contributed by atoms with Crippen molar-refractivity contribution in [3.8, 4) is 0 Å². The van der Waals surface area contributed by atoms with E-state index in [9.17, 15) is 4.79 Å². The van der Waals surface area contributed by atoms with Crippen LogP contribution in [0, 0.1) is 0 Å². The van der Waals surface area contributed by atoms with Crippen molar-refractivity contribution in [3.63, 3.8) is 0 Å². The SMILES string of the molecule is O=C1CCP(c2ccccc2)(c2ccccc2)(c2ccccc2)O1. The van der Waals surface area contributed by atoms with Crippen LogP contribution in [0.1, 0.15) is 6.42 Å². The molecule has 0 aliphatic carbocycles. The zero-order chi connectivity index (χ0) is 16.5. The Morgan fingerprint density at radius 2 is 1.00 bits per heavy atom. The van der Waals surface area contributed by atoms with Crippen molar-refractivity contribution < 1.29 is 9.32 Å². The Kier molecular flexibility index (Phi) is 3.51. The molecule has 2 nitrogen and oxygen atoms in total. The molecule has 1 aliphatic rings.